The number of Topliss-reactive ketones (excluding diaryl/α,β-unsaturated/α-hetero) is 1. The second-order valence-electron chi connectivity index (χ2n) is 7.79. The van der Waals surface area contributed by atoms with Crippen molar-refractivity contribution < 1.29 is 28.9 Å². The maximum atomic E-state index is 13.5. The molecule has 0 aliphatic carbocycles. The van der Waals surface area contributed by atoms with Crippen LogP contribution in [0.1, 0.15) is 27.9 Å². The van der Waals surface area contributed by atoms with Gasteiger partial charge in [-0.2, -0.15) is 0 Å². The number of fused-ring (bicyclic) bond motifs is 2. The summed E-state index contributed by atoms with van der Waals surface area (Å²) in [7, 11) is 1.52. The molecule has 0 aromatic heterocycles. The number of carbonyl (C=O) groups is 2. The van der Waals surface area contributed by atoms with E-state index < -0.39 is 11.5 Å². The highest BCUT2D eigenvalue weighted by atomic mass is 16.7. The molecule has 0 spiro atoms. The minimum atomic E-state index is -1.95. The Balaban J connectivity index is 1.46. The summed E-state index contributed by atoms with van der Waals surface area (Å²) in [4.78, 5) is 28.0. The van der Waals surface area contributed by atoms with E-state index in [2.05, 4.69) is 0 Å². The van der Waals surface area contributed by atoms with Crippen molar-refractivity contribution >= 4 is 17.4 Å². The topological polar surface area (TPSA) is 85.3 Å². The molecule has 162 valence electrons. The smallest absolute Gasteiger partial charge is 0.264 e. The van der Waals surface area contributed by atoms with Crippen LogP contribution in [0.15, 0.2) is 66.7 Å². The lowest BCUT2D eigenvalue weighted by atomic mass is 9.88. The van der Waals surface area contributed by atoms with Crippen molar-refractivity contribution in [1.29, 1.82) is 0 Å². The first-order chi connectivity index (χ1) is 15.5. The Bertz CT molecular complexity index is 1220. The highest BCUT2D eigenvalue weighted by Crippen LogP contribution is 2.44. The number of ketones is 1. The Hall–Kier alpha value is -3.84. The molecule has 1 amide bonds. The van der Waals surface area contributed by atoms with Crippen LogP contribution in [0.2, 0.25) is 0 Å². The highest BCUT2D eigenvalue weighted by molar-refractivity contribution is 6.10. The Morgan fingerprint density at radius 2 is 1.88 bits per heavy atom. The number of carbonyl (C=O) groups excluding carboxylic acids is 2. The van der Waals surface area contributed by atoms with Gasteiger partial charge in [0.05, 0.1) is 25.8 Å². The van der Waals surface area contributed by atoms with Gasteiger partial charge in [0, 0.05) is 11.1 Å². The van der Waals surface area contributed by atoms with Gasteiger partial charge in [0.1, 0.15) is 5.75 Å². The molecule has 0 saturated heterocycles. The van der Waals surface area contributed by atoms with Gasteiger partial charge in [0.25, 0.3) is 5.91 Å². The van der Waals surface area contributed by atoms with Gasteiger partial charge in [-0.1, -0.05) is 36.4 Å². The zero-order chi connectivity index (χ0) is 22.3. The summed E-state index contributed by atoms with van der Waals surface area (Å²) >= 11 is 0. The third kappa shape index (κ3) is 3.27. The van der Waals surface area contributed by atoms with Crippen molar-refractivity contribution in [3.8, 4) is 17.2 Å². The number of amides is 1. The SMILES string of the molecule is COc1cccc(C(=O)CC2(O)C(=O)N(Cc3ccc4c(c3)OCO4)c3ccccc32)c1. The summed E-state index contributed by atoms with van der Waals surface area (Å²) in [5.41, 5.74) is 0.240. The fraction of sp³-hybridized carbons (Fsp3) is 0.200. The van der Waals surface area contributed by atoms with Crippen LogP contribution < -0.4 is 19.1 Å². The van der Waals surface area contributed by atoms with Crippen molar-refractivity contribution in [3.63, 3.8) is 0 Å². The number of ether oxygens (including phenoxy) is 3. The molecule has 0 saturated carbocycles. The van der Waals surface area contributed by atoms with Crippen LogP contribution in [0.3, 0.4) is 0 Å². The van der Waals surface area contributed by atoms with E-state index in [0.717, 1.165) is 5.56 Å². The lowest BCUT2D eigenvalue weighted by Gasteiger charge is -2.23. The number of anilines is 1. The standard InChI is InChI=1S/C25H21NO6/c1-30-18-6-4-5-17(12-18)21(27)13-25(29)19-7-2-3-8-20(19)26(24(25)28)14-16-9-10-22-23(11-16)32-15-31-22/h2-12,29H,13-15H2,1H3. The van der Waals surface area contributed by atoms with Crippen LogP contribution in [-0.2, 0) is 16.9 Å². The molecule has 2 aliphatic rings. The minimum absolute atomic E-state index is 0.163. The molecule has 1 atom stereocenters. The second kappa shape index (κ2) is 7.69. The van der Waals surface area contributed by atoms with Crippen LogP contribution in [-0.4, -0.2) is 30.7 Å². The maximum Gasteiger partial charge on any atom is 0.264 e. The molecule has 1 unspecified atom stereocenters. The first kappa shape index (κ1) is 20.1. The van der Waals surface area contributed by atoms with E-state index in [1.807, 2.05) is 12.1 Å². The summed E-state index contributed by atoms with van der Waals surface area (Å²) < 4.78 is 16.0. The van der Waals surface area contributed by atoms with Crippen LogP contribution in [0.5, 0.6) is 17.2 Å². The molecule has 7 nitrogen and oxygen atoms in total. The normalized spacial score (nSPS) is 18.6. The molecule has 7 heteroatoms. The number of methoxy groups -OCH3 is 1. The molecular formula is C25H21NO6. The Morgan fingerprint density at radius 1 is 1.06 bits per heavy atom. The van der Waals surface area contributed by atoms with Gasteiger partial charge in [-0.05, 0) is 35.9 Å². The summed E-state index contributed by atoms with van der Waals surface area (Å²) in [6.45, 7) is 0.387. The number of aliphatic hydroxyl groups is 1. The molecule has 32 heavy (non-hydrogen) atoms. The van der Waals surface area contributed by atoms with E-state index in [4.69, 9.17) is 14.2 Å². The number of benzene rings is 3. The van der Waals surface area contributed by atoms with Crippen LogP contribution in [0.25, 0.3) is 0 Å². The average molecular weight is 431 g/mol. The molecule has 1 N–H and O–H groups in total. The third-order valence-electron chi connectivity index (χ3n) is 5.83. The van der Waals surface area contributed by atoms with Crippen LogP contribution in [0.4, 0.5) is 5.69 Å². The third-order valence-corrected chi connectivity index (χ3v) is 5.83. The van der Waals surface area contributed by atoms with E-state index in [9.17, 15) is 14.7 Å². The molecule has 0 radical (unpaired) electrons. The van der Waals surface area contributed by atoms with Crippen LogP contribution in [0, 0.1) is 0 Å². The van der Waals surface area contributed by atoms with E-state index in [0.29, 0.717) is 34.1 Å². The lowest BCUT2D eigenvalue weighted by molar-refractivity contribution is -0.136. The highest BCUT2D eigenvalue weighted by Gasteiger charge is 2.50. The van der Waals surface area contributed by atoms with E-state index in [1.165, 1.54) is 12.0 Å². The zero-order valence-electron chi connectivity index (χ0n) is 17.4. The first-order valence-corrected chi connectivity index (χ1v) is 10.2. The monoisotopic (exact) mass is 431 g/mol. The summed E-state index contributed by atoms with van der Waals surface area (Å²) in [6.07, 6.45) is -0.367. The number of nitrogens with zero attached hydrogens (tertiary/aromatic N) is 1. The average Bonchev–Trinajstić information content (AvgIpc) is 3.36. The lowest BCUT2D eigenvalue weighted by Crippen LogP contribution is -2.41. The van der Waals surface area contributed by atoms with Crippen molar-refractivity contribution in [2.75, 3.05) is 18.8 Å². The fourth-order valence-electron chi connectivity index (χ4n) is 4.19. The van der Waals surface area contributed by atoms with Gasteiger partial charge in [-0.3, -0.25) is 9.59 Å². The maximum absolute atomic E-state index is 13.5. The van der Waals surface area contributed by atoms with Gasteiger partial charge in [0.2, 0.25) is 6.79 Å². The Labute approximate surface area is 184 Å². The molecule has 5 rings (SSSR count). The van der Waals surface area contributed by atoms with Crippen molar-refractivity contribution in [1.82, 2.24) is 0 Å². The molecule has 2 heterocycles. The predicted molar refractivity (Wildman–Crippen MR) is 116 cm³/mol. The second-order valence-corrected chi connectivity index (χ2v) is 7.79. The minimum Gasteiger partial charge on any atom is -0.497 e. The Morgan fingerprint density at radius 3 is 2.72 bits per heavy atom. The quantitative estimate of drug-likeness (QED) is 0.602. The Kier molecular flexibility index (Phi) is 4.83. The van der Waals surface area contributed by atoms with Crippen molar-refractivity contribution in [2.24, 2.45) is 0 Å². The van der Waals surface area contributed by atoms with Crippen molar-refractivity contribution in [3.05, 3.63) is 83.4 Å². The predicted octanol–water partition coefficient (Wildman–Crippen LogP) is 3.43. The summed E-state index contributed by atoms with van der Waals surface area (Å²) in [5.74, 6) is 0.922. The summed E-state index contributed by atoms with van der Waals surface area (Å²) in [5, 5.41) is 11.5. The molecule has 3 aromatic rings. The number of rotatable bonds is 6. The van der Waals surface area contributed by atoms with E-state index in [-0.39, 0.29) is 25.5 Å². The fourth-order valence-corrected chi connectivity index (χ4v) is 4.19. The summed E-state index contributed by atoms with van der Waals surface area (Å²) in [6, 6.07) is 19.1. The molecular weight excluding hydrogens is 410 g/mol. The number of para-hydroxylation sites is 1. The van der Waals surface area contributed by atoms with Crippen LogP contribution >= 0.6 is 0 Å². The van der Waals surface area contributed by atoms with Gasteiger partial charge < -0.3 is 24.2 Å². The molecule has 0 fully saturated rings. The van der Waals surface area contributed by atoms with Gasteiger partial charge in [-0.15, -0.1) is 0 Å². The number of hydrogen-bond donors (Lipinski definition) is 1. The largest absolute Gasteiger partial charge is 0.497 e. The first-order valence-electron chi connectivity index (χ1n) is 10.2. The zero-order valence-corrected chi connectivity index (χ0v) is 17.4. The molecule has 2 aliphatic heterocycles. The van der Waals surface area contributed by atoms with E-state index in [1.54, 1.807) is 54.6 Å². The molecule has 3 aromatic carbocycles. The molecule has 0 bridgehead atoms. The van der Waals surface area contributed by atoms with Gasteiger partial charge in [-0.25, -0.2) is 0 Å². The van der Waals surface area contributed by atoms with E-state index >= 15 is 0 Å². The van der Waals surface area contributed by atoms with Crippen molar-refractivity contribution in [2.45, 2.75) is 18.6 Å². The van der Waals surface area contributed by atoms with Gasteiger partial charge in [0.15, 0.2) is 22.9 Å². The number of hydrogen-bond acceptors (Lipinski definition) is 6. The van der Waals surface area contributed by atoms with Gasteiger partial charge >= 0.3 is 0 Å².